The van der Waals surface area contributed by atoms with Crippen molar-refractivity contribution in [3.63, 3.8) is 0 Å². The van der Waals surface area contributed by atoms with Crippen LogP contribution in [0.1, 0.15) is 0 Å². The summed E-state index contributed by atoms with van der Waals surface area (Å²) in [6, 6.07) is 29.7. The van der Waals surface area contributed by atoms with Crippen molar-refractivity contribution in [3.05, 3.63) is 117 Å². The van der Waals surface area contributed by atoms with Crippen LogP contribution in [-0.2, 0) is 10.4 Å². The number of halogens is 2. The zero-order chi connectivity index (χ0) is 25.8. The van der Waals surface area contributed by atoms with Crippen molar-refractivity contribution in [3.8, 4) is 22.3 Å². The molecule has 0 fully saturated rings. The first-order valence-electron chi connectivity index (χ1n) is 9.69. The van der Waals surface area contributed by atoms with Crippen molar-refractivity contribution >= 4 is 45.0 Å². The monoisotopic (exact) mass is 526 g/mol. The van der Waals surface area contributed by atoms with E-state index in [2.05, 4.69) is 9.95 Å². The van der Waals surface area contributed by atoms with Crippen molar-refractivity contribution in [1.82, 2.24) is 0 Å². The van der Waals surface area contributed by atoms with Crippen LogP contribution in [0, 0.1) is 10.8 Å². The number of diazo groups is 2. The molecule has 35 heavy (non-hydrogen) atoms. The third-order valence-corrected chi connectivity index (χ3v) is 4.99. The van der Waals surface area contributed by atoms with Gasteiger partial charge in [-0.25, -0.2) is 0 Å². The van der Waals surface area contributed by atoms with Gasteiger partial charge in [-0.05, 0) is 47.5 Å². The molecule has 4 aromatic rings. The van der Waals surface area contributed by atoms with E-state index in [-0.39, 0.29) is 0 Å². The number of nitrogens with zero attached hydrogens (tertiary/aromatic N) is 4. The van der Waals surface area contributed by atoms with Crippen LogP contribution < -0.4 is 0 Å². The topological polar surface area (TPSA) is 137 Å². The maximum Gasteiger partial charge on any atom is 0.385 e. The molecule has 0 saturated heterocycles. The summed E-state index contributed by atoms with van der Waals surface area (Å²) in [7, 11) is -5.17. The molecule has 0 amide bonds. The van der Waals surface area contributed by atoms with E-state index >= 15 is 0 Å². The maximum atomic E-state index is 8.55. The Hall–Kier alpha value is -3.83. The highest BCUT2D eigenvalue weighted by molar-refractivity contribution is 7.79. The van der Waals surface area contributed by atoms with E-state index in [1.165, 1.54) is 0 Å². The molecule has 0 unspecified atom stereocenters. The molecule has 0 aliphatic carbocycles. The van der Waals surface area contributed by atoms with Gasteiger partial charge >= 0.3 is 11.4 Å². The van der Waals surface area contributed by atoms with Crippen molar-refractivity contribution in [1.29, 1.82) is 10.8 Å². The molecule has 0 bridgehead atoms. The van der Waals surface area contributed by atoms with Crippen LogP contribution in [0.2, 0.25) is 10.0 Å². The highest BCUT2D eigenvalue weighted by Crippen LogP contribution is 2.29. The van der Waals surface area contributed by atoms with Gasteiger partial charge < -0.3 is 9.11 Å². The molecule has 0 aliphatic heterocycles. The van der Waals surface area contributed by atoms with Gasteiger partial charge in [0, 0.05) is 55.8 Å². The van der Waals surface area contributed by atoms with Crippen molar-refractivity contribution < 1.29 is 17.5 Å². The van der Waals surface area contributed by atoms with Crippen LogP contribution in [0.4, 0.5) is 11.4 Å². The Bertz CT molecular complexity index is 1360. The molecule has 0 heterocycles. The number of hydrogen-bond acceptors (Lipinski definition) is 6. The lowest BCUT2D eigenvalue weighted by atomic mass is 10.1. The van der Waals surface area contributed by atoms with Gasteiger partial charge in [0.25, 0.3) is 0 Å². The lowest BCUT2D eigenvalue weighted by Crippen LogP contribution is -1.91. The Morgan fingerprint density at radius 1 is 0.571 bits per heavy atom. The summed E-state index contributed by atoms with van der Waals surface area (Å²) in [5.74, 6) is 0. The van der Waals surface area contributed by atoms with E-state index in [0.29, 0.717) is 21.4 Å². The van der Waals surface area contributed by atoms with Crippen LogP contribution in [0.15, 0.2) is 97.1 Å². The Kier molecular flexibility index (Phi) is 10.3. The van der Waals surface area contributed by atoms with Gasteiger partial charge in [-0.2, -0.15) is 0 Å². The highest BCUT2D eigenvalue weighted by Gasteiger charge is 2.07. The molecule has 0 aliphatic rings. The molecule has 0 aromatic heterocycles. The van der Waals surface area contributed by atoms with Gasteiger partial charge in [0.2, 0.25) is 10.8 Å². The van der Waals surface area contributed by atoms with E-state index in [0.717, 1.165) is 22.3 Å². The third kappa shape index (κ3) is 9.51. The van der Waals surface area contributed by atoms with Gasteiger partial charge in [0.05, 0.1) is 0 Å². The van der Waals surface area contributed by atoms with Crippen LogP contribution in [0.5, 0.6) is 0 Å². The summed E-state index contributed by atoms with van der Waals surface area (Å²) in [5.41, 5.74) is 5.03. The second-order valence-electron chi connectivity index (χ2n) is 6.66. The fraction of sp³-hybridized carbons (Fsp3) is 0. The lowest BCUT2D eigenvalue weighted by Gasteiger charge is -2.06. The Labute approximate surface area is 212 Å². The standard InChI is InChI=1S/2C12H8ClN2.H2O4S/c2*13-12-4-2-1-3-11(12)9-5-7-10(15-14)8-6-9;1-5(2,3)4/h2*1-8H;(H2,1,2,3,4)/q2*+1;/p-2. The molecule has 0 radical (unpaired) electrons. The lowest BCUT2D eigenvalue weighted by molar-refractivity contribution is 0.352. The summed E-state index contributed by atoms with van der Waals surface area (Å²) >= 11 is 12.1. The van der Waals surface area contributed by atoms with E-state index in [1.807, 2.05) is 72.8 Å². The van der Waals surface area contributed by atoms with Crippen LogP contribution in [0.3, 0.4) is 0 Å². The second kappa shape index (κ2) is 13.2. The fourth-order valence-corrected chi connectivity index (χ4v) is 3.30. The van der Waals surface area contributed by atoms with Gasteiger partial charge in [-0.15, -0.1) is 0 Å². The predicted octanol–water partition coefficient (Wildman–Crippen LogP) is 7.65. The van der Waals surface area contributed by atoms with Crippen molar-refractivity contribution in [2.24, 2.45) is 0 Å². The minimum Gasteiger partial charge on any atom is -0.759 e. The van der Waals surface area contributed by atoms with Gasteiger partial charge in [0.1, 0.15) is 0 Å². The summed E-state index contributed by atoms with van der Waals surface area (Å²) in [6.45, 7) is 0. The van der Waals surface area contributed by atoms with E-state index < -0.39 is 10.4 Å². The smallest absolute Gasteiger partial charge is 0.385 e. The van der Waals surface area contributed by atoms with Gasteiger partial charge in [-0.1, -0.05) is 59.6 Å². The quantitative estimate of drug-likeness (QED) is 0.149. The minimum atomic E-state index is -5.17. The number of rotatable bonds is 2. The van der Waals surface area contributed by atoms with Crippen molar-refractivity contribution in [2.75, 3.05) is 0 Å². The molecule has 0 N–H and O–H groups in total. The molecule has 176 valence electrons. The normalized spacial score (nSPS) is 9.89. The number of hydrogen-bond donors (Lipinski definition) is 0. The Morgan fingerprint density at radius 2 is 0.857 bits per heavy atom. The summed E-state index contributed by atoms with van der Waals surface area (Å²) in [6.07, 6.45) is 0. The first kappa shape index (κ1) is 27.4. The Morgan fingerprint density at radius 3 is 1.11 bits per heavy atom. The fourth-order valence-electron chi connectivity index (χ4n) is 2.81. The first-order chi connectivity index (χ1) is 16.6. The predicted molar refractivity (Wildman–Crippen MR) is 134 cm³/mol. The van der Waals surface area contributed by atoms with Crippen LogP contribution in [-0.4, -0.2) is 17.5 Å². The van der Waals surface area contributed by atoms with Gasteiger partial charge in [-0.3, -0.25) is 8.42 Å². The maximum absolute atomic E-state index is 8.55. The molecule has 8 nitrogen and oxygen atoms in total. The molecule has 11 heteroatoms. The highest BCUT2D eigenvalue weighted by atomic mass is 35.5. The zero-order valence-corrected chi connectivity index (χ0v) is 20.2. The van der Waals surface area contributed by atoms with Crippen LogP contribution in [0.25, 0.3) is 32.2 Å². The molecule has 0 saturated carbocycles. The largest absolute Gasteiger partial charge is 0.759 e. The average Bonchev–Trinajstić information content (AvgIpc) is 2.84. The molecule has 0 atom stereocenters. The molecular weight excluding hydrogens is 511 g/mol. The number of benzene rings is 4. The summed E-state index contributed by atoms with van der Waals surface area (Å²) < 4.78 is 34.1. The molecular formula is C24H16Cl2N4O4S. The first-order valence-corrected chi connectivity index (χ1v) is 11.8. The van der Waals surface area contributed by atoms with Gasteiger partial charge in [0.15, 0.2) is 9.95 Å². The molecule has 4 aromatic carbocycles. The van der Waals surface area contributed by atoms with E-state index in [4.69, 9.17) is 51.5 Å². The minimum absolute atomic E-state index is 0.533. The molecule has 4 rings (SSSR count). The Balaban J connectivity index is 0.000000208. The average molecular weight is 527 g/mol. The summed E-state index contributed by atoms with van der Waals surface area (Å²) in [5, 5.41) is 18.5. The summed E-state index contributed by atoms with van der Waals surface area (Å²) in [4.78, 5) is 6.19. The van der Waals surface area contributed by atoms with E-state index in [1.54, 1.807) is 24.3 Å². The van der Waals surface area contributed by atoms with E-state index in [9.17, 15) is 0 Å². The van der Waals surface area contributed by atoms with Crippen LogP contribution >= 0.6 is 23.2 Å². The SMILES string of the molecule is N#[N+]c1ccc(-c2ccccc2Cl)cc1.N#[N+]c1ccc(-c2ccccc2Cl)cc1.O=S(=O)([O-])[O-]. The zero-order valence-electron chi connectivity index (χ0n) is 17.8. The second-order valence-corrected chi connectivity index (χ2v) is 8.29. The molecule has 0 spiro atoms. The van der Waals surface area contributed by atoms with Crippen molar-refractivity contribution in [2.45, 2.75) is 0 Å². The third-order valence-electron chi connectivity index (χ3n) is 4.34.